The fraction of sp³-hybridized carbons (Fsp3) is 0.261. The molecule has 0 aliphatic carbocycles. The topological polar surface area (TPSA) is 0 Å². The van der Waals surface area contributed by atoms with Gasteiger partial charge in [0.1, 0.15) is 0 Å². The van der Waals surface area contributed by atoms with Crippen LogP contribution in [0.25, 0.3) is 86.2 Å². The van der Waals surface area contributed by atoms with Crippen LogP contribution >= 0.6 is 0 Å². The molecule has 0 N–H and O–H groups in total. The van der Waals surface area contributed by atoms with E-state index in [0.717, 1.165) is 38.5 Å². The van der Waals surface area contributed by atoms with Crippen molar-refractivity contribution in [3.05, 3.63) is 107 Å². The van der Waals surface area contributed by atoms with Crippen LogP contribution in [-0.2, 0) is 25.7 Å². The molecule has 0 amide bonds. The predicted molar refractivity (Wildman–Crippen MR) is 205 cm³/mol. The molecule has 0 unspecified atom stereocenters. The Morgan fingerprint density at radius 1 is 0.261 bits per heavy atom. The fourth-order valence-corrected chi connectivity index (χ4v) is 8.96. The van der Waals surface area contributed by atoms with Gasteiger partial charge < -0.3 is 0 Å². The Morgan fingerprint density at radius 3 is 0.891 bits per heavy atom. The van der Waals surface area contributed by atoms with Gasteiger partial charge >= 0.3 is 0 Å². The molecular formula is C46H42. The van der Waals surface area contributed by atoms with Crippen molar-refractivity contribution in [1.29, 1.82) is 0 Å². The maximum atomic E-state index is 2.55. The Morgan fingerprint density at radius 2 is 0.522 bits per heavy atom. The second kappa shape index (κ2) is 10.6. The number of benzene rings is 7. The van der Waals surface area contributed by atoms with Gasteiger partial charge in [-0.1, -0.05) is 126 Å². The van der Waals surface area contributed by atoms with Crippen LogP contribution in [0.4, 0.5) is 0 Å². The summed E-state index contributed by atoms with van der Waals surface area (Å²) >= 11 is 0. The molecule has 0 aromatic heterocycles. The SMILES string of the molecule is CCCc1ccc2c(c1)c1cc(CCC)cc3c4ccc5c(cc6c7ccc(CCC)cc7c7cc(CCC)cc5c76)c4cc2c31. The fourth-order valence-electron chi connectivity index (χ4n) is 8.96. The van der Waals surface area contributed by atoms with E-state index in [1.807, 2.05) is 0 Å². The van der Waals surface area contributed by atoms with Crippen molar-refractivity contribution >= 4 is 86.2 Å². The minimum absolute atomic E-state index is 1.11. The summed E-state index contributed by atoms with van der Waals surface area (Å²) in [5.41, 5.74) is 5.82. The Kier molecular flexibility index (Phi) is 6.40. The molecule has 9 rings (SSSR count). The summed E-state index contributed by atoms with van der Waals surface area (Å²) in [6.45, 7) is 9.17. The van der Waals surface area contributed by atoms with E-state index < -0.39 is 0 Å². The highest BCUT2D eigenvalue weighted by Crippen LogP contribution is 2.48. The molecule has 46 heavy (non-hydrogen) atoms. The number of rotatable bonds is 8. The van der Waals surface area contributed by atoms with Gasteiger partial charge in [0.05, 0.1) is 0 Å². The van der Waals surface area contributed by atoms with Gasteiger partial charge in [0.15, 0.2) is 0 Å². The van der Waals surface area contributed by atoms with Gasteiger partial charge in [-0.3, -0.25) is 0 Å². The molecule has 0 bridgehead atoms. The summed E-state index contributed by atoms with van der Waals surface area (Å²) in [6, 6.07) is 34.5. The highest BCUT2D eigenvalue weighted by Gasteiger charge is 2.20. The van der Waals surface area contributed by atoms with Crippen LogP contribution in [0.1, 0.15) is 75.6 Å². The molecule has 0 spiro atoms. The average molecular weight is 595 g/mol. The Labute approximate surface area is 271 Å². The predicted octanol–water partition coefficient (Wildman–Crippen LogP) is 13.6. The number of hydrogen-bond acceptors (Lipinski definition) is 0. The average Bonchev–Trinajstić information content (AvgIpc) is 3.54. The summed E-state index contributed by atoms with van der Waals surface area (Å²) < 4.78 is 0. The molecule has 9 aromatic carbocycles. The third-order valence-electron chi connectivity index (χ3n) is 10.9. The van der Waals surface area contributed by atoms with E-state index >= 15 is 0 Å². The monoisotopic (exact) mass is 594 g/mol. The van der Waals surface area contributed by atoms with Crippen molar-refractivity contribution in [3.8, 4) is 0 Å². The lowest BCUT2D eigenvalue weighted by Crippen LogP contribution is -1.88. The summed E-state index contributed by atoms with van der Waals surface area (Å²) in [5.74, 6) is 0. The maximum absolute atomic E-state index is 2.55. The minimum atomic E-state index is 1.11. The lowest BCUT2D eigenvalue weighted by Gasteiger charge is -2.13. The highest BCUT2D eigenvalue weighted by atomic mass is 14.2. The Hall–Kier alpha value is -4.42. The third-order valence-corrected chi connectivity index (χ3v) is 10.9. The van der Waals surface area contributed by atoms with Crippen LogP contribution < -0.4 is 0 Å². The van der Waals surface area contributed by atoms with E-state index in [0.29, 0.717) is 0 Å². The van der Waals surface area contributed by atoms with Gasteiger partial charge in [-0.15, -0.1) is 0 Å². The zero-order valence-electron chi connectivity index (χ0n) is 27.7. The summed E-state index contributed by atoms with van der Waals surface area (Å²) in [6.07, 6.45) is 9.15. The molecular weight excluding hydrogens is 553 g/mol. The van der Waals surface area contributed by atoms with Crippen LogP contribution in [0.3, 0.4) is 0 Å². The lowest BCUT2D eigenvalue weighted by atomic mass is 9.90. The minimum Gasteiger partial charge on any atom is -0.0651 e. The second-order valence-corrected chi connectivity index (χ2v) is 14.0. The van der Waals surface area contributed by atoms with E-state index in [9.17, 15) is 0 Å². The van der Waals surface area contributed by atoms with Crippen molar-refractivity contribution in [2.75, 3.05) is 0 Å². The zero-order valence-corrected chi connectivity index (χ0v) is 27.7. The Bertz CT molecular complexity index is 2430. The molecule has 226 valence electrons. The van der Waals surface area contributed by atoms with Gasteiger partial charge in [-0.2, -0.15) is 0 Å². The smallest absolute Gasteiger partial charge is 0.00197 e. The molecule has 0 nitrogen and oxygen atoms in total. The van der Waals surface area contributed by atoms with Crippen molar-refractivity contribution in [3.63, 3.8) is 0 Å². The molecule has 0 fully saturated rings. The van der Waals surface area contributed by atoms with Gasteiger partial charge in [0, 0.05) is 0 Å². The number of fused-ring (bicyclic) bond motifs is 11. The van der Waals surface area contributed by atoms with Crippen LogP contribution in [0.2, 0.25) is 0 Å². The van der Waals surface area contributed by atoms with Crippen molar-refractivity contribution in [1.82, 2.24) is 0 Å². The molecule has 0 heterocycles. The van der Waals surface area contributed by atoms with E-state index in [1.165, 1.54) is 121 Å². The molecule has 0 aliphatic heterocycles. The molecule has 0 saturated carbocycles. The zero-order chi connectivity index (χ0) is 31.1. The molecule has 0 atom stereocenters. The second-order valence-electron chi connectivity index (χ2n) is 14.0. The molecule has 0 saturated heterocycles. The Balaban J connectivity index is 1.46. The summed E-state index contributed by atoms with van der Waals surface area (Å²) in [7, 11) is 0. The maximum Gasteiger partial charge on any atom is -0.00197 e. The van der Waals surface area contributed by atoms with Gasteiger partial charge in [-0.25, -0.2) is 0 Å². The normalized spacial score (nSPS) is 12.6. The first-order valence-corrected chi connectivity index (χ1v) is 17.8. The third kappa shape index (κ3) is 3.92. The lowest BCUT2D eigenvalue weighted by molar-refractivity contribution is 0.923. The van der Waals surface area contributed by atoms with Crippen LogP contribution in [0.5, 0.6) is 0 Å². The van der Waals surface area contributed by atoms with E-state index in [4.69, 9.17) is 0 Å². The van der Waals surface area contributed by atoms with E-state index in [-0.39, 0.29) is 0 Å². The molecule has 9 aromatic rings. The summed E-state index contributed by atoms with van der Waals surface area (Å²) in [4.78, 5) is 0. The van der Waals surface area contributed by atoms with Crippen LogP contribution in [-0.4, -0.2) is 0 Å². The van der Waals surface area contributed by atoms with Gasteiger partial charge in [-0.05, 0) is 146 Å². The highest BCUT2D eigenvalue weighted by molar-refractivity contribution is 6.40. The first-order chi connectivity index (χ1) is 22.6. The number of hydrogen-bond donors (Lipinski definition) is 0. The first kappa shape index (κ1) is 27.9. The molecule has 0 aliphatic rings. The van der Waals surface area contributed by atoms with Crippen LogP contribution in [0.15, 0.2) is 84.9 Å². The standard InChI is InChI=1S/C46H42/c1-5-9-27-13-15-31-35(19-27)41-23-29(11-7-3)21-39-33-17-18-34-38(37(33)25-43(31)45(39)41)26-44-32-16-14-28(10-6-2)20-36(32)42-24-30(12-8-4)22-40(34)46(42)44/h13-26H,5-12H2,1-4H3. The van der Waals surface area contributed by atoms with E-state index in [1.54, 1.807) is 0 Å². The van der Waals surface area contributed by atoms with Crippen molar-refractivity contribution < 1.29 is 0 Å². The molecule has 0 heteroatoms. The van der Waals surface area contributed by atoms with Crippen molar-refractivity contribution in [2.45, 2.75) is 79.1 Å². The quantitative estimate of drug-likeness (QED) is 0.154. The van der Waals surface area contributed by atoms with Crippen molar-refractivity contribution in [2.24, 2.45) is 0 Å². The largest absolute Gasteiger partial charge is 0.0651 e. The molecule has 0 radical (unpaired) electrons. The number of aryl methyl sites for hydroxylation is 4. The first-order valence-electron chi connectivity index (χ1n) is 17.8. The summed E-state index contributed by atoms with van der Waals surface area (Å²) in [5, 5.41) is 22.7. The van der Waals surface area contributed by atoms with E-state index in [2.05, 4.69) is 113 Å². The van der Waals surface area contributed by atoms with Gasteiger partial charge in [0.25, 0.3) is 0 Å². The van der Waals surface area contributed by atoms with Crippen LogP contribution in [0, 0.1) is 0 Å². The van der Waals surface area contributed by atoms with Gasteiger partial charge in [0.2, 0.25) is 0 Å².